The van der Waals surface area contributed by atoms with Gasteiger partial charge in [0, 0.05) is 5.56 Å². The maximum absolute atomic E-state index is 6.07. The summed E-state index contributed by atoms with van der Waals surface area (Å²) < 4.78 is 0. The highest BCUT2D eigenvalue weighted by molar-refractivity contribution is 6.30. The molecule has 0 N–H and O–H groups in total. The first-order chi connectivity index (χ1) is 12.6. The second kappa shape index (κ2) is 8.64. The summed E-state index contributed by atoms with van der Waals surface area (Å²) in [6.45, 7) is 5.91. The molecule has 0 radical (unpaired) electrons. The summed E-state index contributed by atoms with van der Waals surface area (Å²) in [7, 11) is 0. The van der Waals surface area contributed by atoms with E-state index in [9.17, 15) is 0 Å². The molecule has 0 saturated carbocycles. The van der Waals surface area contributed by atoms with Crippen molar-refractivity contribution in [2.45, 2.75) is 19.8 Å². The van der Waals surface area contributed by atoms with E-state index in [-0.39, 0.29) is 0 Å². The first-order valence-electron chi connectivity index (χ1n) is 8.76. The molecule has 0 unspecified atom stereocenters. The van der Waals surface area contributed by atoms with Gasteiger partial charge in [-0.25, -0.2) is 4.99 Å². The second-order valence-corrected chi connectivity index (χ2v) is 6.72. The van der Waals surface area contributed by atoms with Crippen LogP contribution in [0.5, 0.6) is 0 Å². The van der Waals surface area contributed by atoms with E-state index in [1.807, 2.05) is 12.1 Å². The summed E-state index contributed by atoms with van der Waals surface area (Å²) in [5.41, 5.74) is 6.96. The van der Waals surface area contributed by atoms with Crippen LogP contribution < -0.4 is 0 Å². The first-order valence-corrected chi connectivity index (χ1v) is 9.14. The van der Waals surface area contributed by atoms with Crippen LogP contribution in [0.3, 0.4) is 0 Å². The Bertz CT molecular complexity index is 911. The van der Waals surface area contributed by atoms with E-state index in [2.05, 4.69) is 85.2 Å². The van der Waals surface area contributed by atoms with E-state index in [0.29, 0.717) is 5.16 Å². The molecule has 3 aromatic rings. The van der Waals surface area contributed by atoms with Crippen LogP contribution in [-0.4, -0.2) is 5.71 Å². The molecule has 26 heavy (non-hydrogen) atoms. The second-order valence-electron chi connectivity index (χ2n) is 6.28. The van der Waals surface area contributed by atoms with Crippen LogP contribution in [0.15, 0.2) is 95.6 Å². The number of benzene rings is 3. The van der Waals surface area contributed by atoms with Crippen LogP contribution in [0.4, 0.5) is 0 Å². The Morgan fingerprint density at radius 1 is 0.885 bits per heavy atom. The molecule has 0 spiro atoms. The minimum Gasteiger partial charge on any atom is -0.241 e. The highest BCUT2D eigenvalue weighted by Crippen LogP contribution is 2.28. The lowest BCUT2D eigenvalue weighted by molar-refractivity contribution is 1.03. The van der Waals surface area contributed by atoms with Gasteiger partial charge < -0.3 is 0 Å². The van der Waals surface area contributed by atoms with Crippen molar-refractivity contribution in [3.8, 4) is 11.1 Å². The maximum atomic E-state index is 6.07. The Morgan fingerprint density at radius 2 is 1.54 bits per heavy atom. The van der Waals surface area contributed by atoms with Gasteiger partial charge >= 0.3 is 0 Å². The average molecular weight is 360 g/mol. The zero-order chi connectivity index (χ0) is 18.4. The fourth-order valence-electron chi connectivity index (χ4n) is 3.20. The van der Waals surface area contributed by atoms with Gasteiger partial charge in [-0.1, -0.05) is 97.0 Å². The molecule has 0 atom stereocenters. The fraction of sp³-hybridized carbons (Fsp3) is 0.125. The van der Waals surface area contributed by atoms with Crippen LogP contribution in [0.2, 0.25) is 0 Å². The predicted octanol–water partition coefficient (Wildman–Crippen LogP) is 6.79. The van der Waals surface area contributed by atoms with Crippen molar-refractivity contribution in [3.63, 3.8) is 0 Å². The standard InChI is InChI=1S/C24H22ClN/c1-18-10-9-15-22(21-13-7-4-8-14-21)24(18)23(26-19(2)25)17-16-20-11-5-3-6-12-20/h3-15H,2,16-17H2,1H3/b26-23-. The maximum Gasteiger partial charge on any atom is 0.122 e. The van der Waals surface area contributed by atoms with E-state index in [0.717, 1.165) is 24.1 Å². The molecule has 0 amide bonds. The molecule has 0 aliphatic heterocycles. The lowest BCUT2D eigenvalue weighted by Gasteiger charge is -2.16. The van der Waals surface area contributed by atoms with Gasteiger partial charge in [-0.15, -0.1) is 0 Å². The monoisotopic (exact) mass is 359 g/mol. The van der Waals surface area contributed by atoms with E-state index >= 15 is 0 Å². The van der Waals surface area contributed by atoms with Crippen molar-refractivity contribution in [2.75, 3.05) is 0 Å². The smallest absolute Gasteiger partial charge is 0.122 e. The molecule has 2 heteroatoms. The Hall–Kier alpha value is -2.64. The number of aryl methyl sites for hydroxylation is 2. The minimum atomic E-state index is 0.315. The molecule has 0 aliphatic carbocycles. The van der Waals surface area contributed by atoms with Gasteiger partial charge in [0.05, 0.1) is 5.71 Å². The molecule has 0 aliphatic rings. The number of nitrogens with zero attached hydrogens (tertiary/aromatic N) is 1. The zero-order valence-corrected chi connectivity index (χ0v) is 15.7. The molecule has 1 nitrogen and oxygen atoms in total. The number of hydrogen-bond acceptors (Lipinski definition) is 1. The molecule has 0 fully saturated rings. The SMILES string of the molecule is C=C(Cl)/N=C(/CCc1ccccc1)c1c(C)cccc1-c1ccccc1. The van der Waals surface area contributed by atoms with Crippen LogP contribution in [-0.2, 0) is 6.42 Å². The molecule has 3 rings (SSSR count). The largest absolute Gasteiger partial charge is 0.241 e. The highest BCUT2D eigenvalue weighted by atomic mass is 35.5. The first kappa shape index (κ1) is 18.2. The third kappa shape index (κ3) is 4.50. The lowest BCUT2D eigenvalue weighted by Crippen LogP contribution is -2.08. The molecule has 3 aromatic carbocycles. The van der Waals surface area contributed by atoms with Gasteiger partial charge in [-0.2, -0.15) is 0 Å². The van der Waals surface area contributed by atoms with E-state index in [1.165, 1.54) is 22.3 Å². The molecular formula is C24H22ClN. The number of halogens is 1. The van der Waals surface area contributed by atoms with Gasteiger partial charge in [-0.05, 0) is 42.0 Å². The lowest BCUT2D eigenvalue weighted by atomic mass is 9.90. The van der Waals surface area contributed by atoms with Gasteiger partial charge in [0.15, 0.2) is 0 Å². The zero-order valence-electron chi connectivity index (χ0n) is 15.0. The molecule has 0 heterocycles. The van der Waals surface area contributed by atoms with Crippen molar-refractivity contribution in [3.05, 3.63) is 107 Å². The van der Waals surface area contributed by atoms with E-state index < -0.39 is 0 Å². The Kier molecular flexibility index (Phi) is 6.04. The summed E-state index contributed by atoms with van der Waals surface area (Å²) in [5, 5.41) is 0.315. The van der Waals surface area contributed by atoms with Gasteiger partial charge in [0.25, 0.3) is 0 Å². The van der Waals surface area contributed by atoms with Crippen molar-refractivity contribution in [1.29, 1.82) is 0 Å². The summed E-state index contributed by atoms with van der Waals surface area (Å²) in [4.78, 5) is 4.60. The molecule has 0 saturated heterocycles. The summed E-state index contributed by atoms with van der Waals surface area (Å²) in [5.74, 6) is 0. The average Bonchev–Trinajstić information content (AvgIpc) is 2.66. The molecular weight excluding hydrogens is 338 g/mol. The van der Waals surface area contributed by atoms with Crippen LogP contribution in [0, 0.1) is 6.92 Å². The molecule has 0 aromatic heterocycles. The van der Waals surface area contributed by atoms with Gasteiger partial charge in [-0.3, -0.25) is 0 Å². The number of hydrogen-bond donors (Lipinski definition) is 0. The summed E-state index contributed by atoms with van der Waals surface area (Å²) in [6.07, 6.45) is 1.72. The van der Waals surface area contributed by atoms with Gasteiger partial charge in [0.1, 0.15) is 5.16 Å². The Labute approximate surface area is 160 Å². The number of aliphatic imine (C=N–C) groups is 1. The third-order valence-corrected chi connectivity index (χ3v) is 4.48. The summed E-state index contributed by atoms with van der Waals surface area (Å²) in [6, 6.07) is 27.2. The van der Waals surface area contributed by atoms with E-state index in [4.69, 9.17) is 11.6 Å². The molecule has 0 bridgehead atoms. The van der Waals surface area contributed by atoms with Crippen LogP contribution in [0.25, 0.3) is 11.1 Å². The quantitative estimate of drug-likeness (QED) is 0.339. The topological polar surface area (TPSA) is 12.4 Å². The van der Waals surface area contributed by atoms with E-state index in [1.54, 1.807) is 0 Å². The molecule has 130 valence electrons. The van der Waals surface area contributed by atoms with Gasteiger partial charge in [0.2, 0.25) is 0 Å². The Balaban J connectivity index is 2.03. The van der Waals surface area contributed by atoms with Crippen molar-refractivity contribution in [2.24, 2.45) is 4.99 Å². The van der Waals surface area contributed by atoms with Crippen molar-refractivity contribution < 1.29 is 0 Å². The third-order valence-electron chi connectivity index (χ3n) is 4.40. The van der Waals surface area contributed by atoms with Crippen molar-refractivity contribution in [1.82, 2.24) is 0 Å². The predicted molar refractivity (Wildman–Crippen MR) is 113 cm³/mol. The normalized spacial score (nSPS) is 11.4. The van der Waals surface area contributed by atoms with Crippen molar-refractivity contribution >= 4 is 17.3 Å². The van der Waals surface area contributed by atoms with Crippen LogP contribution in [0.1, 0.15) is 23.1 Å². The summed E-state index contributed by atoms with van der Waals surface area (Å²) >= 11 is 6.07. The minimum absolute atomic E-state index is 0.315. The fourth-order valence-corrected chi connectivity index (χ4v) is 3.30. The number of rotatable bonds is 6. The Morgan fingerprint density at radius 3 is 2.19 bits per heavy atom. The highest BCUT2D eigenvalue weighted by Gasteiger charge is 2.14. The van der Waals surface area contributed by atoms with Crippen LogP contribution >= 0.6 is 11.6 Å².